The summed E-state index contributed by atoms with van der Waals surface area (Å²) in [4.78, 5) is 7.38. The summed E-state index contributed by atoms with van der Waals surface area (Å²) in [5, 5.41) is 0. The van der Waals surface area contributed by atoms with Gasteiger partial charge in [0.25, 0.3) is 0 Å². The van der Waals surface area contributed by atoms with Crippen molar-refractivity contribution in [2.75, 3.05) is 33.3 Å². The van der Waals surface area contributed by atoms with Gasteiger partial charge in [0.05, 0.1) is 6.61 Å². The molecule has 0 aromatic rings. The molecule has 0 radical (unpaired) electrons. The van der Waals surface area contributed by atoms with Gasteiger partial charge in [-0.2, -0.15) is 0 Å². The van der Waals surface area contributed by atoms with Crippen molar-refractivity contribution in [1.29, 1.82) is 0 Å². The minimum atomic E-state index is 0.799. The molecule has 0 spiro atoms. The predicted molar refractivity (Wildman–Crippen MR) is 47.4 cm³/mol. The third-order valence-electron chi connectivity index (χ3n) is 1.76. The first-order chi connectivity index (χ1) is 5.35. The summed E-state index contributed by atoms with van der Waals surface area (Å²) >= 11 is 0. The van der Waals surface area contributed by atoms with Crippen LogP contribution in [-0.4, -0.2) is 38.2 Å². The van der Waals surface area contributed by atoms with E-state index in [4.69, 9.17) is 4.84 Å². The largest absolute Gasteiger partial charge is 0.304 e. The van der Waals surface area contributed by atoms with Crippen LogP contribution in [0.2, 0.25) is 0 Å². The first kappa shape index (κ1) is 10.9. The Morgan fingerprint density at radius 3 is 2.36 bits per heavy atom. The summed E-state index contributed by atoms with van der Waals surface area (Å²) in [6.07, 6.45) is 1.10. The van der Waals surface area contributed by atoms with Crippen LogP contribution in [0.3, 0.4) is 0 Å². The molecule has 1 N–H and O–H groups in total. The van der Waals surface area contributed by atoms with Gasteiger partial charge in [-0.3, -0.25) is 0 Å². The van der Waals surface area contributed by atoms with Crippen LogP contribution in [0.15, 0.2) is 0 Å². The molecule has 0 aliphatic carbocycles. The fourth-order valence-corrected chi connectivity index (χ4v) is 1.00. The van der Waals surface area contributed by atoms with E-state index in [1.165, 1.54) is 0 Å². The average Bonchev–Trinajstić information content (AvgIpc) is 2.05. The van der Waals surface area contributed by atoms with Gasteiger partial charge in [0.2, 0.25) is 0 Å². The summed E-state index contributed by atoms with van der Waals surface area (Å²) in [6, 6.07) is 0. The standard InChI is InChI=1S/C8H20N2O/c1-4-10(5-2)7-6-8-11-9-3/h9H,4-8H2,1-3H3. The Morgan fingerprint density at radius 1 is 1.27 bits per heavy atom. The topological polar surface area (TPSA) is 24.5 Å². The highest BCUT2D eigenvalue weighted by Crippen LogP contribution is 1.89. The van der Waals surface area contributed by atoms with E-state index in [2.05, 4.69) is 24.2 Å². The smallest absolute Gasteiger partial charge is 0.0694 e. The fraction of sp³-hybridized carbons (Fsp3) is 1.00. The highest BCUT2D eigenvalue weighted by Gasteiger charge is 1.96. The van der Waals surface area contributed by atoms with Crippen LogP contribution in [0.5, 0.6) is 0 Å². The normalized spacial score (nSPS) is 10.9. The Kier molecular flexibility index (Phi) is 7.89. The first-order valence-corrected chi connectivity index (χ1v) is 4.36. The molecule has 0 aliphatic rings. The summed E-state index contributed by atoms with van der Waals surface area (Å²) in [5.74, 6) is 0. The highest BCUT2D eigenvalue weighted by atomic mass is 16.6. The van der Waals surface area contributed by atoms with Gasteiger partial charge >= 0.3 is 0 Å². The second kappa shape index (κ2) is 7.98. The number of nitrogens with zero attached hydrogens (tertiary/aromatic N) is 1. The molecule has 0 rings (SSSR count). The lowest BCUT2D eigenvalue weighted by atomic mass is 10.4. The van der Waals surface area contributed by atoms with Crippen LogP contribution in [0, 0.1) is 0 Å². The number of hydrogen-bond donors (Lipinski definition) is 1. The Labute approximate surface area is 69.7 Å². The van der Waals surface area contributed by atoms with Gasteiger partial charge in [-0.1, -0.05) is 13.8 Å². The lowest BCUT2D eigenvalue weighted by molar-refractivity contribution is 0.0513. The molecule has 68 valence electrons. The second-order valence-electron chi connectivity index (χ2n) is 2.43. The van der Waals surface area contributed by atoms with Gasteiger partial charge in [0, 0.05) is 13.6 Å². The molecule has 0 aromatic heterocycles. The Hall–Kier alpha value is -0.120. The van der Waals surface area contributed by atoms with Gasteiger partial charge < -0.3 is 9.74 Å². The monoisotopic (exact) mass is 160 g/mol. The summed E-state index contributed by atoms with van der Waals surface area (Å²) in [7, 11) is 1.79. The molecule has 0 atom stereocenters. The van der Waals surface area contributed by atoms with E-state index < -0.39 is 0 Å². The van der Waals surface area contributed by atoms with Crippen LogP contribution in [0.25, 0.3) is 0 Å². The van der Waals surface area contributed by atoms with E-state index in [1.807, 2.05) is 0 Å². The molecule has 0 bridgehead atoms. The molecule has 11 heavy (non-hydrogen) atoms. The zero-order chi connectivity index (χ0) is 8.53. The maximum absolute atomic E-state index is 5.00. The second-order valence-corrected chi connectivity index (χ2v) is 2.43. The molecule has 0 aromatic carbocycles. The number of hydrogen-bond acceptors (Lipinski definition) is 3. The maximum atomic E-state index is 5.00. The van der Waals surface area contributed by atoms with E-state index >= 15 is 0 Å². The van der Waals surface area contributed by atoms with Crippen molar-refractivity contribution in [2.45, 2.75) is 20.3 Å². The van der Waals surface area contributed by atoms with Crippen LogP contribution >= 0.6 is 0 Å². The molecule has 0 saturated carbocycles. The van der Waals surface area contributed by atoms with Gasteiger partial charge in [-0.05, 0) is 19.5 Å². The fourth-order valence-electron chi connectivity index (χ4n) is 1.00. The molecule has 3 heteroatoms. The summed E-state index contributed by atoms with van der Waals surface area (Å²) in [6.45, 7) is 8.57. The molecular formula is C8H20N2O. The zero-order valence-electron chi connectivity index (χ0n) is 7.89. The zero-order valence-corrected chi connectivity index (χ0v) is 7.89. The lowest BCUT2D eigenvalue weighted by Gasteiger charge is -2.17. The van der Waals surface area contributed by atoms with Gasteiger partial charge in [0.15, 0.2) is 0 Å². The highest BCUT2D eigenvalue weighted by molar-refractivity contribution is 4.50. The van der Waals surface area contributed by atoms with E-state index in [1.54, 1.807) is 7.05 Å². The van der Waals surface area contributed by atoms with Crippen LogP contribution in [-0.2, 0) is 4.84 Å². The SMILES string of the molecule is CCN(CC)CCCONC. The van der Waals surface area contributed by atoms with Crippen molar-refractivity contribution in [3.63, 3.8) is 0 Å². The minimum absolute atomic E-state index is 0.799. The molecular weight excluding hydrogens is 140 g/mol. The van der Waals surface area contributed by atoms with Crippen molar-refractivity contribution >= 4 is 0 Å². The molecule has 0 fully saturated rings. The van der Waals surface area contributed by atoms with Crippen molar-refractivity contribution in [3.8, 4) is 0 Å². The molecule has 0 amide bonds. The van der Waals surface area contributed by atoms with Crippen LogP contribution in [0.1, 0.15) is 20.3 Å². The lowest BCUT2D eigenvalue weighted by Crippen LogP contribution is -2.25. The Bertz CT molecular complexity index is 74.5. The third-order valence-corrected chi connectivity index (χ3v) is 1.76. The third kappa shape index (κ3) is 6.28. The predicted octanol–water partition coefficient (Wildman–Crippen LogP) is 0.869. The molecule has 0 unspecified atom stereocenters. The van der Waals surface area contributed by atoms with E-state index in [-0.39, 0.29) is 0 Å². The maximum Gasteiger partial charge on any atom is 0.0694 e. The number of hydroxylamine groups is 1. The van der Waals surface area contributed by atoms with Gasteiger partial charge in [0.1, 0.15) is 0 Å². The molecule has 0 heterocycles. The Morgan fingerprint density at radius 2 is 1.91 bits per heavy atom. The van der Waals surface area contributed by atoms with Crippen molar-refractivity contribution in [3.05, 3.63) is 0 Å². The van der Waals surface area contributed by atoms with Crippen LogP contribution in [0.4, 0.5) is 0 Å². The van der Waals surface area contributed by atoms with Crippen molar-refractivity contribution in [2.24, 2.45) is 0 Å². The first-order valence-electron chi connectivity index (χ1n) is 4.36. The van der Waals surface area contributed by atoms with Crippen molar-refractivity contribution in [1.82, 2.24) is 10.4 Å². The molecule has 0 saturated heterocycles. The minimum Gasteiger partial charge on any atom is -0.304 e. The van der Waals surface area contributed by atoms with Gasteiger partial charge in [-0.25, -0.2) is 5.48 Å². The number of nitrogens with one attached hydrogen (secondary N) is 1. The average molecular weight is 160 g/mol. The van der Waals surface area contributed by atoms with Gasteiger partial charge in [-0.15, -0.1) is 0 Å². The number of rotatable bonds is 7. The van der Waals surface area contributed by atoms with Crippen LogP contribution < -0.4 is 5.48 Å². The summed E-state index contributed by atoms with van der Waals surface area (Å²) in [5.41, 5.74) is 2.66. The summed E-state index contributed by atoms with van der Waals surface area (Å²) < 4.78 is 0. The van der Waals surface area contributed by atoms with E-state index in [0.29, 0.717) is 0 Å². The van der Waals surface area contributed by atoms with Crippen molar-refractivity contribution < 1.29 is 4.84 Å². The Balaban J connectivity index is 3.07. The van der Waals surface area contributed by atoms with E-state index in [9.17, 15) is 0 Å². The quantitative estimate of drug-likeness (QED) is 0.442. The van der Waals surface area contributed by atoms with E-state index in [0.717, 1.165) is 32.7 Å². The molecule has 0 aliphatic heterocycles. The molecule has 3 nitrogen and oxygen atoms in total.